The molecule has 0 rings (SSSR count). The molecule has 0 aromatic heterocycles. The van der Waals surface area contributed by atoms with Gasteiger partial charge in [0.15, 0.2) is 0 Å². The van der Waals surface area contributed by atoms with Gasteiger partial charge in [-0.05, 0) is 20.8 Å². The van der Waals surface area contributed by atoms with E-state index in [0.717, 1.165) is 13.8 Å². The van der Waals surface area contributed by atoms with Crippen LogP contribution in [-0.4, -0.2) is 66.7 Å². The zero-order valence-electron chi connectivity index (χ0n) is 7.92. The van der Waals surface area contributed by atoms with Crippen LogP contribution in [0.5, 0.6) is 0 Å². The average molecular weight is 314 g/mol. The van der Waals surface area contributed by atoms with E-state index in [1.807, 2.05) is 0 Å². The van der Waals surface area contributed by atoms with E-state index in [-0.39, 0.29) is 54.7 Å². The van der Waals surface area contributed by atoms with Gasteiger partial charge in [-0.3, -0.25) is 5.41 Å². The number of carbonyl (C=O) groups excluding carboxylic acids is 2. The first-order valence-electron chi connectivity index (χ1n) is 2.86. The molecule has 0 atom stereocenters. The van der Waals surface area contributed by atoms with Gasteiger partial charge in [0.05, 0.1) is 5.84 Å². The average Bonchev–Trinajstić information content (AvgIpc) is 1.54. The van der Waals surface area contributed by atoms with Gasteiger partial charge in [-0.1, -0.05) is 0 Å². The minimum atomic E-state index is -1.08. The van der Waals surface area contributed by atoms with E-state index in [4.69, 9.17) is 30.9 Å². The van der Waals surface area contributed by atoms with E-state index in [1.165, 1.54) is 6.92 Å². The quantitative estimate of drug-likeness (QED) is 0.281. The summed E-state index contributed by atoms with van der Waals surface area (Å²) in [4.78, 5) is 17.8. The largest absolute Gasteiger partial charge is 2.00 e. The summed E-state index contributed by atoms with van der Waals surface area (Å²) in [6.45, 7) is 3.47. The van der Waals surface area contributed by atoms with Crippen LogP contribution in [0.25, 0.3) is 0 Å². The van der Waals surface area contributed by atoms with Crippen molar-refractivity contribution in [2.24, 2.45) is 5.73 Å². The summed E-state index contributed by atoms with van der Waals surface area (Å²) in [5.41, 5.74) is 4.69. The van der Waals surface area contributed by atoms with Crippen LogP contribution >= 0.6 is 0 Å². The first-order chi connectivity index (χ1) is 5.20. The Bertz CT molecular complexity index is 120. The first kappa shape index (κ1) is 23.1. The molecule has 3 N–H and O–H groups in total. The van der Waals surface area contributed by atoms with Crippen molar-refractivity contribution in [2.45, 2.75) is 20.8 Å². The number of nitrogens with one attached hydrogen (secondary N) is 1. The molecular weight excluding hydrogens is 301 g/mol. The second kappa shape index (κ2) is 17.9. The molecule has 0 aromatic rings. The number of carbonyl (C=O) groups is 2. The van der Waals surface area contributed by atoms with Crippen molar-refractivity contribution in [3.63, 3.8) is 0 Å². The normalized spacial score (nSPS) is 5.77. The number of carboxylic acids is 2. The summed E-state index contributed by atoms with van der Waals surface area (Å²) in [5, 5.41) is 24.1. The molecule has 0 aliphatic rings. The third kappa shape index (κ3) is 3460000. The fourth-order valence-electron chi connectivity index (χ4n) is 0. The van der Waals surface area contributed by atoms with Gasteiger partial charge in [-0.15, -0.1) is 0 Å². The Morgan fingerprint density at radius 3 is 1.08 bits per heavy atom. The Morgan fingerprint density at radius 2 is 1.08 bits per heavy atom. The predicted octanol–water partition coefficient (Wildman–Crippen LogP) is -2.93. The van der Waals surface area contributed by atoms with Crippen molar-refractivity contribution in [1.29, 1.82) is 5.41 Å². The van der Waals surface area contributed by atoms with E-state index >= 15 is 0 Å². The summed E-state index contributed by atoms with van der Waals surface area (Å²) in [5.74, 6) is -2.00. The van der Waals surface area contributed by atoms with Gasteiger partial charge in [-0.2, -0.15) is 0 Å². The van der Waals surface area contributed by atoms with Crippen LogP contribution in [0.2, 0.25) is 0 Å². The van der Waals surface area contributed by atoms with E-state index in [1.54, 1.807) is 0 Å². The van der Waals surface area contributed by atoms with Crippen molar-refractivity contribution in [3.05, 3.63) is 0 Å². The van der Waals surface area contributed by atoms with E-state index in [9.17, 15) is 0 Å². The summed E-state index contributed by atoms with van der Waals surface area (Å²) >= 11 is 0. The molecule has 0 radical (unpaired) electrons. The fraction of sp³-hybridized carbons (Fsp3) is 0.500. The molecule has 0 unspecified atom stereocenters. The van der Waals surface area contributed by atoms with Crippen molar-refractivity contribution in [2.75, 3.05) is 0 Å². The van der Waals surface area contributed by atoms with Gasteiger partial charge in [-0.25, -0.2) is 0 Å². The molecule has 0 saturated heterocycles. The van der Waals surface area contributed by atoms with Crippen molar-refractivity contribution >= 4 is 66.7 Å². The van der Waals surface area contributed by atoms with Gasteiger partial charge in [0, 0.05) is 11.9 Å². The summed E-state index contributed by atoms with van der Waals surface area (Å²) < 4.78 is 0. The number of rotatable bonds is 0. The second-order valence-electron chi connectivity index (χ2n) is 1.67. The van der Waals surface area contributed by atoms with Gasteiger partial charge in [0.25, 0.3) is 0 Å². The molecule has 72 valence electrons. The van der Waals surface area contributed by atoms with Crippen LogP contribution in [0.15, 0.2) is 0 Å². The van der Waals surface area contributed by atoms with Gasteiger partial charge < -0.3 is 25.5 Å². The topological polar surface area (TPSA) is 130 Å². The van der Waals surface area contributed by atoms with Gasteiger partial charge in [0.1, 0.15) is 0 Å². The molecule has 0 fully saturated rings. The molecule has 13 heavy (non-hydrogen) atoms. The predicted molar refractivity (Wildman–Crippen MR) is 44.7 cm³/mol. The Hall–Kier alpha value is -0.0186. The van der Waals surface area contributed by atoms with E-state index in [0.29, 0.717) is 0 Å². The van der Waals surface area contributed by atoms with Crippen molar-refractivity contribution in [3.8, 4) is 0 Å². The van der Waals surface area contributed by atoms with Crippen LogP contribution in [0.3, 0.4) is 0 Å². The number of hydrogen-bond acceptors (Lipinski definition) is 5. The SMILES string of the molecule is CC(=N)N.CC(=O)[O-].CC(=O)[O-].[Ba+2]. The van der Waals surface area contributed by atoms with Crippen LogP contribution in [0.1, 0.15) is 20.8 Å². The molecule has 0 saturated carbocycles. The molecule has 0 amide bonds. The summed E-state index contributed by atoms with van der Waals surface area (Å²) in [6.07, 6.45) is 0. The molecular formula is C6H12BaN2O4. The Balaban J connectivity index is -0.0000000450. The Labute approximate surface area is 117 Å². The van der Waals surface area contributed by atoms with Gasteiger partial charge in [0.2, 0.25) is 0 Å². The van der Waals surface area contributed by atoms with E-state index in [2.05, 4.69) is 0 Å². The zero-order valence-corrected chi connectivity index (χ0v) is 12.4. The third-order valence-corrected chi connectivity index (χ3v) is 0. The zero-order chi connectivity index (χ0) is 10.7. The van der Waals surface area contributed by atoms with Crippen LogP contribution in [-0.2, 0) is 9.59 Å². The van der Waals surface area contributed by atoms with Crippen LogP contribution < -0.4 is 15.9 Å². The monoisotopic (exact) mass is 314 g/mol. The minimum absolute atomic E-state index is 0. The molecule has 0 aliphatic heterocycles. The molecule has 6 nitrogen and oxygen atoms in total. The summed E-state index contributed by atoms with van der Waals surface area (Å²) in [6, 6.07) is 0. The van der Waals surface area contributed by atoms with Crippen molar-refractivity contribution < 1.29 is 19.8 Å². The Morgan fingerprint density at radius 1 is 1.08 bits per heavy atom. The molecule has 0 aliphatic carbocycles. The number of hydrogen-bond donors (Lipinski definition) is 2. The first-order valence-corrected chi connectivity index (χ1v) is 2.86. The van der Waals surface area contributed by atoms with E-state index < -0.39 is 11.9 Å². The third-order valence-electron chi connectivity index (χ3n) is 0. The fourth-order valence-corrected chi connectivity index (χ4v) is 0. The smallest absolute Gasteiger partial charge is 0.550 e. The Kier molecular flexibility index (Phi) is 31.8. The minimum Gasteiger partial charge on any atom is -0.550 e. The second-order valence-corrected chi connectivity index (χ2v) is 1.67. The van der Waals surface area contributed by atoms with Crippen LogP contribution in [0, 0.1) is 5.41 Å². The van der Waals surface area contributed by atoms with Crippen molar-refractivity contribution in [1.82, 2.24) is 0 Å². The number of nitrogens with two attached hydrogens (primary N) is 1. The van der Waals surface area contributed by atoms with Gasteiger partial charge >= 0.3 is 48.9 Å². The molecule has 0 spiro atoms. The molecule has 0 bridgehead atoms. The number of amidine groups is 1. The maximum absolute atomic E-state index is 8.89. The summed E-state index contributed by atoms with van der Waals surface area (Å²) in [7, 11) is 0. The molecule has 0 heterocycles. The van der Waals surface area contributed by atoms with Crippen LogP contribution in [0.4, 0.5) is 0 Å². The molecule has 0 aromatic carbocycles. The maximum atomic E-state index is 8.89. The molecule has 7 heteroatoms. The maximum Gasteiger partial charge on any atom is 2.00 e. The standard InChI is InChI=1S/C2H6N2.2C2H4O2.Ba/c3*1-2(3)4;/h1H3,(H3,3,4);2*1H3,(H,3,4);/q;;;+2/p-2. The number of carboxylic acid groups (broad SMARTS) is 2. The number of aliphatic carboxylic acids is 2.